The first-order valence-corrected chi connectivity index (χ1v) is 9.97. The van der Waals surface area contributed by atoms with Crippen molar-refractivity contribution >= 4 is 66.3 Å². The topological polar surface area (TPSA) is 48.5 Å². The molecule has 0 saturated heterocycles. The molecular formula is C17H12BrCl2N3O2S. The zero-order valence-electron chi connectivity index (χ0n) is 13.7. The van der Waals surface area contributed by atoms with E-state index < -0.39 is 0 Å². The molecule has 0 amide bonds. The molecule has 0 aliphatic heterocycles. The fraction of sp³-hybridized carbons (Fsp3) is 0.176. The summed E-state index contributed by atoms with van der Waals surface area (Å²) in [7, 11) is 1.69. The third kappa shape index (κ3) is 2.74. The molecule has 0 spiro atoms. The Bertz CT molecular complexity index is 1230. The highest BCUT2D eigenvalue weighted by Crippen LogP contribution is 2.35. The number of imidazole rings is 1. The Morgan fingerprint density at radius 1 is 1.38 bits per heavy atom. The number of fused-ring (bicyclic) bond motifs is 2. The fourth-order valence-electron chi connectivity index (χ4n) is 2.79. The van der Waals surface area contributed by atoms with Gasteiger partial charge in [-0.2, -0.15) is 0 Å². The van der Waals surface area contributed by atoms with Gasteiger partial charge < -0.3 is 9.30 Å². The summed E-state index contributed by atoms with van der Waals surface area (Å²) < 4.78 is 11.0. The maximum atomic E-state index is 11.9. The van der Waals surface area contributed by atoms with Crippen LogP contribution in [0.1, 0.15) is 11.3 Å². The van der Waals surface area contributed by atoms with Gasteiger partial charge in [-0.05, 0) is 41.1 Å². The average Bonchev–Trinajstić information content (AvgIpc) is 3.05. The molecule has 0 unspecified atom stereocenters. The Morgan fingerprint density at radius 3 is 2.92 bits per heavy atom. The molecular weight excluding hydrogens is 461 g/mol. The lowest BCUT2D eigenvalue weighted by Gasteiger charge is -2.11. The quantitative estimate of drug-likeness (QED) is 0.411. The van der Waals surface area contributed by atoms with Crippen LogP contribution in [0, 0.1) is 6.92 Å². The molecule has 0 N–H and O–H groups in total. The van der Waals surface area contributed by atoms with Gasteiger partial charge in [-0.3, -0.25) is 9.20 Å². The summed E-state index contributed by atoms with van der Waals surface area (Å²) in [6.45, 7) is 2.08. The first-order chi connectivity index (χ1) is 12.4. The van der Waals surface area contributed by atoms with Crippen molar-refractivity contribution < 1.29 is 4.74 Å². The fourth-order valence-corrected chi connectivity index (χ4v) is 4.91. The molecule has 0 aliphatic carbocycles. The van der Waals surface area contributed by atoms with Crippen LogP contribution in [0.3, 0.4) is 0 Å². The van der Waals surface area contributed by atoms with Crippen LogP contribution in [0.5, 0.6) is 5.75 Å². The van der Waals surface area contributed by atoms with Crippen molar-refractivity contribution in [3.8, 4) is 5.75 Å². The Balaban J connectivity index is 1.76. The van der Waals surface area contributed by atoms with Gasteiger partial charge >= 0.3 is 4.87 Å². The van der Waals surface area contributed by atoms with Gasteiger partial charge in [0.25, 0.3) is 0 Å². The highest BCUT2D eigenvalue weighted by atomic mass is 79.9. The van der Waals surface area contributed by atoms with Gasteiger partial charge in [0.2, 0.25) is 0 Å². The minimum Gasteiger partial charge on any atom is -0.485 e. The number of rotatable bonds is 3. The van der Waals surface area contributed by atoms with Crippen LogP contribution >= 0.6 is 50.5 Å². The number of aromatic nitrogens is 3. The SMILES string of the molecule is Cc1nc2c(OCc3c(Cl)cc4sc(=O)n(C)c4c3Cl)cccn2c1Br. The van der Waals surface area contributed by atoms with Crippen molar-refractivity contribution in [1.82, 2.24) is 14.0 Å². The molecule has 0 saturated carbocycles. The van der Waals surface area contributed by atoms with Gasteiger partial charge in [-0.1, -0.05) is 34.5 Å². The van der Waals surface area contributed by atoms with Crippen molar-refractivity contribution in [2.75, 3.05) is 0 Å². The summed E-state index contributed by atoms with van der Waals surface area (Å²) in [6, 6.07) is 5.47. The van der Waals surface area contributed by atoms with Crippen LogP contribution in [0.2, 0.25) is 10.0 Å². The van der Waals surface area contributed by atoms with Crippen LogP contribution in [-0.2, 0) is 13.7 Å². The molecule has 0 radical (unpaired) electrons. The van der Waals surface area contributed by atoms with E-state index >= 15 is 0 Å². The summed E-state index contributed by atoms with van der Waals surface area (Å²) >= 11 is 17.5. The molecule has 9 heteroatoms. The number of benzene rings is 1. The van der Waals surface area contributed by atoms with Gasteiger partial charge in [-0.15, -0.1) is 0 Å². The van der Waals surface area contributed by atoms with E-state index in [1.165, 1.54) is 4.57 Å². The number of thiazole rings is 1. The zero-order valence-corrected chi connectivity index (χ0v) is 17.6. The molecule has 5 nitrogen and oxygen atoms in total. The van der Waals surface area contributed by atoms with Gasteiger partial charge in [-0.25, -0.2) is 4.98 Å². The van der Waals surface area contributed by atoms with Gasteiger partial charge in [0.05, 0.1) is 26.0 Å². The van der Waals surface area contributed by atoms with E-state index in [0.717, 1.165) is 26.3 Å². The van der Waals surface area contributed by atoms with Crippen LogP contribution in [-0.4, -0.2) is 14.0 Å². The van der Waals surface area contributed by atoms with Crippen molar-refractivity contribution in [1.29, 1.82) is 0 Å². The monoisotopic (exact) mass is 471 g/mol. The second-order valence-electron chi connectivity index (χ2n) is 5.77. The minimum atomic E-state index is -0.0847. The first kappa shape index (κ1) is 17.9. The number of halogens is 3. The standard InChI is InChI=1S/C17H12BrCl2N3O2S/c1-8-15(18)23-5-3-4-11(16(23)21-8)25-7-9-10(19)6-12-14(13(9)20)22(2)17(24)26-12/h3-6H,7H2,1-2H3. The van der Waals surface area contributed by atoms with Crippen LogP contribution in [0.4, 0.5) is 0 Å². The predicted molar refractivity (Wildman–Crippen MR) is 109 cm³/mol. The molecule has 26 heavy (non-hydrogen) atoms. The molecule has 0 fully saturated rings. The number of hydrogen-bond acceptors (Lipinski definition) is 4. The number of hydrogen-bond donors (Lipinski definition) is 0. The van der Waals surface area contributed by atoms with Gasteiger partial charge in [0.15, 0.2) is 11.4 Å². The molecule has 3 aromatic heterocycles. The lowest BCUT2D eigenvalue weighted by molar-refractivity contribution is 0.308. The van der Waals surface area contributed by atoms with Gasteiger partial charge in [0.1, 0.15) is 11.2 Å². The lowest BCUT2D eigenvalue weighted by Crippen LogP contribution is -2.07. The molecule has 4 rings (SSSR count). The Kier molecular flexibility index (Phi) is 4.51. The van der Waals surface area contributed by atoms with E-state index in [9.17, 15) is 4.79 Å². The summed E-state index contributed by atoms with van der Waals surface area (Å²) in [5, 5.41) is 0.901. The minimum absolute atomic E-state index is 0.0847. The summed E-state index contributed by atoms with van der Waals surface area (Å²) in [5.41, 5.74) is 2.88. The molecule has 0 bridgehead atoms. The van der Waals surface area contributed by atoms with Gasteiger partial charge in [0, 0.05) is 18.8 Å². The van der Waals surface area contributed by atoms with Crippen molar-refractivity contribution in [3.05, 3.63) is 60.0 Å². The molecule has 134 valence electrons. The smallest absolute Gasteiger partial charge is 0.307 e. The van der Waals surface area contributed by atoms with E-state index in [4.69, 9.17) is 27.9 Å². The maximum Gasteiger partial charge on any atom is 0.307 e. The number of nitrogens with zero attached hydrogens (tertiary/aromatic N) is 3. The third-order valence-electron chi connectivity index (χ3n) is 4.15. The summed E-state index contributed by atoms with van der Waals surface area (Å²) in [5.74, 6) is 0.618. The normalized spacial score (nSPS) is 11.6. The second-order valence-corrected chi connectivity index (χ2v) is 8.30. The second kappa shape index (κ2) is 6.56. The summed E-state index contributed by atoms with van der Waals surface area (Å²) in [6.07, 6.45) is 1.90. The molecule has 0 atom stereocenters. The van der Waals surface area contributed by atoms with E-state index in [1.807, 2.05) is 29.7 Å². The van der Waals surface area contributed by atoms with E-state index in [-0.39, 0.29) is 11.5 Å². The van der Waals surface area contributed by atoms with E-state index in [2.05, 4.69) is 20.9 Å². The third-order valence-corrected chi connectivity index (χ3v) is 6.83. The molecule has 3 heterocycles. The largest absolute Gasteiger partial charge is 0.485 e. The van der Waals surface area contributed by atoms with Crippen molar-refractivity contribution in [3.63, 3.8) is 0 Å². The maximum absolute atomic E-state index is 11.9. The van der Waals surface area contributed by atoms with Crippen LogP contribution < -0.4 is 9.61 Å². The number of pyridine rings is 1. The zero-order chi connectivity index (χ0) is 18.6. The average molecular weight is 473 g/mol. The number of ether oxygens (including phenoxy) is 1. The van der Waals surface area contributed by atoms with Crippen molar-refractivity contribution in [2.24, 2.45) is 7.05 Å². The number of aryl methyl sites for hydroxylation is 2. The Labute approximate surface area is 170 Å². The summed E-state index contributed by atoms with van der Waals surface area (Å²) in [4.78, 5) is 16.3. The Morgan fingerprint density at radius 2 is 2.15 bits per heavy atom. The Hall–Kier alpha value is -1.54. The van der Waals surface area contributed by atoms with Crippen molar-refractivity contribution in [2.45, 2.75) is 13.5 Å². The van der Waals surface area contributed by atoms with E-state index in [1.54, 1.807) is 13.1 Å². The lowest BCUT2D eigenvalue weighted by atomic mass is 10.2. The highest BCUT2D eigenvalue weighted by molar-refractivity contribution is 9.10. The predicted octanol–water partition coefficient (Wildman–Crippen LogP) is 5.20. The molecule has 0 aliphatic rings. The first-order valence-electron chi connectivity index (χ1n) is 7.61. The highest BCUT2D eigenvalue weighted by Gasteiger charge is 2.17. The van der Waals surface area contributed by atoms with Crippen LogP contribution in [0.25, 0.3) is 15.9 Å². The van der Waals surface area contributed by atoms with Crippen LogP contribution in [0.15, 0.2) is 33.8 Å². The molecule has 1 aromatic carbocycles. The van der Waals surface area contributed by atoms with E-state index in [0.29, 0.717) is 32.5 Å². The molecule has 4 aromatic rings.